The summed E-state index contributed by atoms with van der Waals surface area (Å²) in [5.74, 6) is 0.888. The Bertz CT molecular complexity index is 955. The summed E-state index contributed by atoms with van der Waals surface area (Å²) >= 11 is 0. The molecule has 4 nitrogen and oxygen atoms in total. The van der Waals surface area contributed by atoms with Gasteiger partial charge in [0.05, 0.1) is 19.0 Å². The molecule has 1 aliphatic carbocycles. The lowest BCUT2D eigenvalue weighted by Gasteiger charge is -2.18. The minimum absolute atomic E-state index is 0.0939. The number of carbonyl (C=O) groups is 1. The van der Waals surface area contributed by atoms with Crippen LogP contribution in [0.5, 0.6) is 5.75 Å². The van der Waals surface area contributed by atoms with Gasteiger partial charge in [0, 0.05) is 22.9 Å². The molecule has 0 fully saturated rings. The molecule has 0 unspecified atom stereocenters. The van der Waals surface area contributed by atoms with Gasteiger partial charge in [-0.15, -0.1) is 0 Å². The first kappa shape index (κ1) is 15.4. The summed E-state index contributed by atoms with van der Waals surface area (Å²) in [4.78, 5) is 12.8. The fourth-order valence-corrected chi connectivity index (χ4v) is 3.15. The number of hydrogen-bond donors (Lipinski definition) is 0. The number of fused-ring (bicyclic) bond motifs is 1. The Balaban J connectivity index is 1.62. The molecule has 4 rings (SSSR count). The van der Waals surface area contributed by atoms with Crippen molar-refractivity contribution in [3.63, 3.8) is 0 Å². The second-order valence-corrected chi connectivity index (χ2v) is 6.08. The summed E-state index contributed by atoms with van der Waals surface area (Å²) in [6.07, 6.45) is 7.25. The van der Waals surface area contributed by atoms with Crippen molar-refractivity contribution in [1.82, 2.24) is 9.78 Å². The first-order valence-corrected chi connectivity index (χ1v) is 8.27. The number of nitrogens with zero attached hydrogens (tertiary/aromatic N) is 2. The first-order valence-electron chi connectivity index (χ1n) is 8.27. The molecule has 1 aromatic heterocycles. The number of carbonyl (C=O) groups excluding carboxylic acids is 1. The highest BCUT2D eigenvalue weighted by Crippen LogP contribution is 2.29. The molecule has 3 aromatic rings. The van der Waals surface area contributed by atoms with Crippen LogP contribution in [0.3, 0.4) is 0 Å². The smallest absolute Gasteiger partial charge is 0.189 e. The molecule has 2 aromatic carbocycles. The lowest BCUT2D eigenvalue weighted by molar-refractivity contribution is 0.102. The van der Waals surface area contributed by atoms with E-state index in [1.54, 1.807) is 13.3 Å². The molecule has 124 valence electrons. The summed E-state index contributed by atoms with van der Waals surface area (Å²) in [5.41, 5.74) is 4.59. The minimum Gasteiger partial charge on any atom is -0.497 e. The van der Waals surface area contributed by atoms with E-state index in [0.29, 0.717) is 0 Å². The maximum Gasteiger partial charge on any atom is 0.189 e. The van der Waals surface area contributed by atoms with Crippen molar-refractivity contribution in [1.29, 1.82) is 0 Å². The van der Waals surface area contributed by atoms with Crippen LogP contribution in [0.4, 0.5) is 0 Å². The SMILES string of the molecule is COc1ccc2c(c1)CC/C(=C\c1cnn(-c3ccccc3)c1)C2=O. The first-order chi connectivity index (χ1) is 12.2. The molecule has 0 atom stereocenters. The van der Waals surface area contributed by atoms with Crippen LogP contribution >= 0.6 is 0 Å². The quantitative estimate of drug-likeness (QED) is 0.679. The van der Waals surface area contributed by atoms with Gasteiger partial charge in [-0.3, -0.25) is 4.79 Å². The van der Waals surface area contributed by atoms with Crippen LogP contribution in [0.2, 0.25) is 0 Å². The molecule has 25 heavy (non-hydrogen) atoms. The van der Waals surface area contributed by atoms with Crippen molar-refractivity contribution in [3.8, 4) is 11.4 Å². The fraction of sp³-hybridized carbons (Fsp3) is 0.143. The lowest BCUT2D eigenvalue weighted by atomic mass is 9.86. The van der Waals surface area contributed by atoms with Crippen molar-refractivity contribution in [2.45, 2.75) is 12.8 Å². The number of rotatable bonds is 3. The molecule has 0 saturated carbocycles. The Kier molecular flexibility index (Phi) is 3.94. The zero-order chi connectivity index (χ0) is 17.2. The Morgan fingerprint density at radius 3 is 2.76 bits per heavy atom. The summed E-state index contributed by atoms with van der Waals surface area (Å²) in [7, 11) is 1.64. The van der Waals surface area contributed by atoms with Gasteiger partial charge >= 0.3 is 0 Å². The van der Waals surface area contributed by atoms with Crippen molar-refractivity contribution in [2.75, 3.05) is 7.11 Å². The van der Waals surface area contributed by atoms with Gasteiger partial charge in [0.25, 0.3) is 0 Å². The van der Waals surface area contributed by atoms with Crippen LogP contribution in [0.25, 0.3) is 11.8 Å². The van der Waals surface area contributed by atoms with Gasteiger partial charge in [-0.25, -0.2) is 4.68 Å². The molecule has 0 radical (unpaired) electrons. The molecule has 0 spiro atoms. The van der Waals surface area contributed by atoms with E-state index in [2.05, 4.69) is 5.10 Å². The van der Waals surface area contributed by atoms with Crippen LogP contribution in [0, 0.1) is 0 Å². The van der Waals surface area contributed by atoms with Crippen molar-refractivity contribution in [2.24, 2.45) is 0 Å². The Morgan fingerprint density at radius 2 is 1.96 bits per heavy atom. The van der Waals surface area contributed by atoms with Gasteiger partial charge in [-0.1, -0.05) is 18.2 Å². The zero-order valence-corrected chi connectivity index (χ0v) is 14.0. The van der Waals surface area contributed by atoms with Crippen molar-refractivity contribution < 1.29 is 9.53 Å². The normalized spacial score (nSPS) is 15.2. The second-order valence-electron chi connectivity index (χ2n) is 6.08. The van der Waals surface area contributed by atoms with Gasteiger partial charge in [0.2, 0.25) is 0 Å². The van der Waals surface area contributed by atoms with E-state index >= 15 is 0 Å². The maximum atomic E-state index is 12.8. The van der Waals surface area contributed by atoms with Gasteiger partial charge < -0.3 is 4.74 Å². The zero-order valence-electron chi connectivity index (χ0n) is 14.0. The average molecular weight is 330 g/mol. The topological polar surface area (TPSA) is 44.1 Å². The highest BCUT2D eigenvalue weighted by Gasteiger charge is 2.22. The number of hydrogen-bond acceptors (Lipinski definition) is 3. The summed E-state index contributed by atoms with van der Waals surface area (Å²) in [5, 5.41) is 4.39. The largest absolute Gasteiger partial charge is 0.497 e. The number of aryl methyl sites for hydroxylation is 1. The summed E-state index contributed by atoms with van der Waals surface area (Å²) < 4.78 is 7.06. The standard InChI is InChI=1S/C21H18N2O2/c1-25-19-9-10-20-16(12-19)7-8-17(21(20)24)11-15-13-22-23(14-15)18-5-3-2-4-6-18/h2-6,9-14H,7-8H2,1H3/b17-11+. The molecule has 0 bridgehead atoms. The van der Waals surface area contributed by atoms with Crippen LogP contribution in [-0.4, -0.2) is 22.7 Å². The number of methoxy groups -OCH3 is 1. The number of aromatic nitrogens is 2. The van der Waals surface area contributed by atoms with E-state index in [9.17, 15) is 4.79 Å². The Labute approximate surface area is 146 Å². The number of allylic oxidation sites excluding steroid dienone is 1. The van der Waals surface area contributed by atoms with E-state index < -0.39 is 0 Å². The van der Waals surface area contributed by atoms with E-state index in [0.717, 1.165) is 46.5 Å². The van der Waals surface area contributed by atoms with Crippen LogP contribution in [-0.2, 0) is 6.42 Å². The molecule has 0 aliphatic heterocycles. The third-order valence-corrected chi connectivity index (χ3v) is 4.48. The Hall–Kier alpha value is -3.14. The third kappa shape index (κ3) is 2.98. The van der Waals surface area contributed by atoms with Crippen LogP contribution in [0.1, 0.15) is 27.9 Å². The number of Topliss-reactive ketones (excluding diaryl/α,β-unsaturated/α-hetero) is 1. The van der Waals surface area contributed by atoms with Crippen LogP contribution < -0.4 is 4.74 Å². The molecule has 0 saturated heterocycles. The highest BCUT2D eigenvalue weighted by atomic mass is 16.5. The maximum absolute atomic E-state index is 12.8. The monoisotopic (exact) mass is 330 g/mol. The van der Waals surface area contributed by atoms with E-state index in [1.807, 2.05) is 65.5 Å². The number of benzene rings is 2. The molecule has 4 heteroatoms. The minimum atomic E-state index is 0.0939. The molecular formula is C21H18N2O2. The van der Waals surface area contributed by atoms with Gasteiger partial charge in [-0.05, 0) is 54.8 Å². The predicted octanol–water partition coefficient (Wildman–Crippen LogP) is 4.09. The summed E-state index contributed by atoms with van der Waals surface area (Å²) in [6, 6.07) is 15.6. The van der Waals surface area contributed by atoms with Crippen LogP contribution in [0.15, 0.2) is 66.5 Å². The molecule has 0 N–H and O–H groups in total. The predicted molar refractivity (Wildman–Crippen MR) is 97.2 cm³/mol. The van der Waals surface area contributed by atoms with Gasteiger partial charge in [-0.2, -0.15) is 5.10 Å². The Morgan fingerprint density at radius 1 is 1.12 bits per heavy atom. The van der Waals surface area contributed by atoms with Gasteiger partial charge in [0.15, 0.2) is 5.78 Å². The van der Waals surface area contributed by atoms with Gasteiger partial charge in [0.1, 0.15) is 5.75 Å². The molecule has 1 heterocycles. The van der Waals surface area contributed by atoms with E-state index in [1.165, 1.54) is 0 Å². The fourth-order valence-electron chi connectivity index (χ4n) is 3.15. The van der Waals surface area contributed by atoms with E-state index in [-0.39, 0.29) is 5.78 Å². The highest BCUT2D eigenvalue weighted by molar-refractivity contribution is 6.13. The van der Waals surface area contributed by atoms with Crippen molar-refractivity contribution >= 4 is 11.9 Å². The van der Waals surface area contributed by atoms with Crippen molar-refractivity contribution in [3.05, 3.63) is 83.2 Å². The average Bonchev–Trinajstić information content (AvgIpc) is 3.13. The second kappa shape index (κ2) is 6.40. The number of para-hydroxylation sites is 1. The third-order valence-electron chi connectivity index (χ3n) is 4.48. The lowest BCUT2D eigenvalue weighted by Crippen LogP contribution is -2.14. The van der Waals surface area contributed by atoms with E-state index in [4.69, 9.17) is 4.74 Å². The molecule has 1 aliphatic rings. The number of ether oxygens (including phenoxy) is 1. The summed E-state index contributed by atoms with van der Waals surface area (Å²) in [6.45, 7) is 0. The number of ketones is 1. The molecule has 0 amide bonds. The molecular weight excluding hydrogens is 312 g/mol.